The second-order valence-electron chi connectivity index (χ2n) is 7.40. The van der Waals surface area contributed by atoms with E-state index in [-0.39, 0.29) is 6.04 Å². The van der Waals surface area contributed by atoms with Crippen LogP contribution in [0.3, 0.4) is 0 Å². The zero-order valence-electron chi connectivity index (χ0n) is 17.9. The van der Waals surface area contributed by atoms with Gasteiger partial charge in [0.2, 0.25) is 0 Å². The molecular formula is C23H33N3O2. The molecular weight excluding hydrogens is 350 g/mol. The molecule has 3 rings (SSSR count). The van der Waals surface area contributed by atoms with Gasteiger partial charge < -0.3 is 14.8 Å². The largest absolute Gasteiger partial charge is 0.496 e. The van der Waals surface area contributed by atoms with Crippen LogP contribution in [-0.4, -0.2) is 36.8 Å². The van der Waals surface area contributed by atoms with Crippen LogP contribution < -0.4 is 10.1 Å². The van der Waals surface area contributed by atoms with Crippen LogP contribution in [0.4, 0.5) is 5.82 Å². The van der Waals surface area contributed by atoms with E-state index in [0.717, 1.165) is 66.3 Å². The summed E-state index contributed by atoms with van der Waals surface area (Å²) in [7, 11) is 3.48. The molecule has 0 aliphatic heterocycles. The Labute approximate surface area is 168 Å². The first-order valence-corrected chi connectivity index (χ1v) is 10.5. The van der Waals surface area contributed by atoms with Crippen molar-refractivity contribution in [3.63, 3.8) is 0 Å². The Bertz CT molecular complexity index is 820. The maximum Gasteiger partial charge on any atom is 0.148 e. The lowest BCUT2D eigenvalue weighted by atomic mass is 10.0. The van der Waals surface area contributed by atoms with E-state index >= 15 is 0 Å². The molecule has 0 amide bonds. The maximum atomic E-state index is 5.74. The van der Waals surface area contributed by atoms with E-state index in [0.29, 0.717) is 6.61 Å². The summed E-state index contributed by atoms with van der Waals surface area (Å²) >= 11 is 0. The average molecular weight is 384 g/mol. The SMILES string of the molecule is CCc1nc(-c2cc3c(cc2OC)CCC3)c(CC)nc1NC(CC)COC. The highest BCUT2D eigenvalue weighted by atomic mass is 16.5. The first kappa shape index (κ1) is 20.6. The van der Waals surface area contributed by atoms with Gasteiger partial charge >= 0.3 is 0 Å². The van der Waals surface area contributed by atoms with E-state index in [2.05, 4.69) is 38.2 Å². The Morgan fingerprint density at radius 1 is 1.00 bits per heavy atom. The maximum absolute atomic E-state index is 5.74. The topological polar surface area (TPSA) is 56.3 Å². The van der Waals surface area contributed by atoms with Crippen LogP contribution in [-0.2, 0) is 30.4 Å². The van der Waals surface area contributed by atoms with Crippen molar-refractivity contribution in [2.45, 2.75) is 65.3 Å². The molecule has 0 bridgehead atoms. The summed E-state index contributed by atoms with van der Waals surface area (Å²) in [6.07, 6.45) is 6.11. The molecule has 5 nitrogen and oxygen atoms in total. The van der Waals surface area contributed by atoms with Crippen molar-refractivity contribution in [3.05, 3.63) is 34.6 Å². The molecule has 1 unspecified atom stereocenters. The van der Waals surface area contributed by atoms with Crippen molar-refractivity contribution in [1.82, 2.24) is 9.97 Å². The molecule has 152 valence electrons. The van der Waals surface area contributed by atoms with Crippen molar-refractivity contribution in [3.8, 4) is 17.0 Å². The summed E-state index contributed by atoms with van der Waals surface area (Å²) in [5.41, 5.74) is 6.85. The second-order valence-corrected chi connectivity index (χ2v) is 7.40. The Morgan fingerprint density at radius 2 is 1.71 bits per heavy atom. The van der Waals surface area contributed by atoms with Gasteiger partial charge in [-0.2, -0.15) is 0 Å². The molecule has 28 heavy (non-hydrogen) atoms. The third-order valence-electron chi connectivity index (χ3n) is 5.58. The summed E-state index contributed by atoms with van der Waals surface area (Å²) in [5, 5.41) is 3.54. The molecule has 0 saturated heterocycles. The number of nitrogens with zero attached hydrogens (tertiary/aromatic N) is 2. The molecule has 0 fully saturated rings. The van der Waals surface area contributed by atoms with Crippen LogP contribution >= 0.6 is 0 Å². The quantitative estimate of drug-likeness (QED) is 0.686. The van der Waals surface area contributed by atoms with E-state index < -0.39 is 0 Å². The summed E-state index contributed by atoms with van der Waals surface area (Å²) < 4.78 is 11.1. The number of anilines is 1. The van der Waals surface area contributed by atoms with Crippen molar-refractivity contribution in [2.75, 3.05) is 26.1 Å². The fourth-order valence-corrected chi connectivity index (χ4v) is 3.94. The Balaban J connectivity index is 2.07. The first-order valence-electron chi connectivity index (χ1n) is 10.5. The lowest BCUT2D eigenvalue weighted by Gasteiger charge is -2.21. The van der Waals surface area contributed by atoms with E-state index in [1.165, 1.54) is 17.5 Å². The summed E-state index contributed by atoms with van der Waals surface area (Å²) in [4.78, 5) is 10.1. The number of nitrogens with one attached hydrogen (secondary N) is 1. The number of fused-ring (bicyclic) bond motifs is 1. The number of aryl methyl sites for hydroxylation is 4. The van der Waals surface area contributed by atoms with E-state index in [9.17, 15) is 0 Å². The zero-order valence-corrected chi connectivity index (χ0v) is 17.9. The highest BCUT2D eigenvalue weighted by Gasteiger charge is 2.21. The van der Waals surface area contributed by atoms with Crippen LogP contribution in [0.1, 0.15) is 56.1 Å². The number of hydrogen-bond acceptors (Lipinski definition) is 5. The zero-order chi connectivity index (χ0) is 20.1. The number of ether oxygens (including phenoxy) is 2. The molecule has 1 aliphatic rings. The van der Waals surface area contributed by atoms with Crippen LogP contribution in [0.5, 0.6) is 5.75 Å². The lowest BCUT2D eigenvalue weighted by molar-refractivity contribution is 0.184. The van der Waals surface area contributed by atoms with Gasteiger partial charge in [0.1, 0.15) is 11.6 Å². The molecule has 1 aromatic carbocycles. The fourth-order valence-electron chi connectivity index (χ4n) is 3.94. The third kappa shape index (κ3) is 4.14. The number of hydrogen-bond donors (Lipinski definition) is 1. The monoisotopic (exact) mass is 383 g/mol. The molecule has 1 aliphatic carbocycles. The summed E-state index contributed by atoms with van der Waals surface area (Å²) in [6, 6.07) is 4.70. The van der Waals surface area contributed by atoms with Crippen LogP contribution in [0.15, 0.2) is 12.1 Å². The molecule has 5 heteroatoms. The summed E-state index contributed by atoms with van der Waals surface area (Å²) in [5.74, 6) is 1.78. The van der Waals surface area contributed by atoms with Gasteiger partial charge in [0.05, 0.1) is 36.8 Å². The van der Waals surface area contributed by atoms with Gasteiger partial charge in [0.15, 0.2) is 0 Å². The predicted molar refractivity (Wildman–Crippen MR) is 114 cm³/mol. The number of aromatic nitrogens is 2. The molecule has 1 atom stereocenters. The highest BCUT2D eigenvalue weighted by Crippen LogP contribution is 2.37. The van der Waals surface area contributed by atoms with Crippen LogP contribution in [0, 0.1) is 0 Å². The van der Waals surface area contributed by atoms with Crippen molar-refractivity contribution >= 4 is 5.82 Å². The van der Waals surface area contributed by atoms with Crippen molar-refractivity contribution in [1.29, 1.82) is 0 Å². The van der Waals surface area contributed by atoms with Gasteiger partial charge in [-0.05, 0) is 61.8 Å². The normalized spacial score (nSPS) is 14.0. The number of methoxy groups -OCH3 is 2. The van der Waals surface area contributed by atoms with Crippen LogP contribution in [0.25, 0.3) is 11.3 Å². The van der Waals surface area contributed by atoms with Gasteiger partial charge in [0, 0.05) is 12.7 Å². The van der Waals surface area contributed by atoms with Gasteiger partial charge in [-0.3, -0.25) is 0 Å². The predicted octanol–water partition coefficient (Wildman–Crippen LogP) is 4.60. The Hall–Kier alpha value is -2.14. The van der Waals surface area contributed by atoms with Gasteiger partial charge in [-0.25, -0.2) is 9.97 Å². The smallest absolute Gasteiger partial charge is 0.148 e. The molecule has 1 heterocycles. The molecule has 1 aromatic heterocycles. The van der Waals surface area contributed by atoms with Gasteiger partial charge in [-0.1, -0.05) is 20.8 Å². The minimum atomic E-state index is 0.231. The average Bonchev–Trinajstić information content (AvgIpc) is 3.19. The lowest BCUT2D eigenvalue weighted by Crippen LogP contribution is -2.26. The molecule has 0 spiro atoms. The van der Waals surface area contributed by atoms with Gasteiger partial charge in [-0.15, -0.1) is 0 Å². The first-order chi connectivity index (χ1) is 13.6. The number of benzene rings is 1. The minimum absolute atomic E-state index is 0.231. The van der Waals surface area contributed by atoms with Crippen LogP contribution in [0.2, 0.25) is 0 Å². The van der Waals surface area contributed by atoms with E-state index in [1.807, 2.05) is 0 Å². The van der Waals surface area contributed by atoms with Gasteiger partial charge in [0.25, 0.3) is 0 Å². The van der Waals surface area contributed by atoms with Crippen molar-refractivity contribution < 1.29 is 9.47 Å². The molecule has 1 N–H and O–H groups in total. The summed E-state index contributed by atoms with van der Waals surface area (Å²) in [6.45, 7) is 7.07. The minimum Gasteiger partial charge on any atom is -0.496 e. The Kier molecular flexibility index (Phi) is 6.89. The third-order valence-corrected chi connectivity index (χ3v) is 5.58. The Morgan fingerprint density at radius 3 is 2.32 bits per heavy atom. The molecule has 0 radical (unpaired) electrons. The highest BCUT2D eigenvalue weighted by molar-refractivity contribution is 5.72. The van der Waals surface area contributed by atoms with E-state index in [1.54, 1.807) is 14.2 Å². The van der Waals surface area contributed by atoms with E-state index in [4.69, 9.17) is 19.4 Å². The molecule has 2 aromatic rings. The van der Waals surface area contributed by atoms with Crippen molar-refractivity contribution in [2.24, 2.45) is 0 Å². The fraction of sp³-hybridized carbons (Fsp3) is 0.565. The number of rotatable bonds is 9. The molecule has 0 saturated carbocycles. The standard InChI is InChI=1S/C23H33N3O2/c1-6-17(14-27-4)24-23-20(8-3)25-22(19(7-2)26-23)18-12-15-10-9-11-16(15)13-21(18)28-5/h12-13,17H,6-11,14H2,1-5H3,(H,24,26). The second kappa shape index (κ2) is 9.37.